The number of esters is 1. The first-order valence-electron chi connectivity index (χ1n) is 4.08. The first kappa shape index (κ1) is 13.2. The normalized spacial score (nSPS) is 12.9. The molecule has 0 saturated heterocycles. The van der Waals surface area contributed by atoms with E-state index in [0.29, 0.717) is 5.57 Å². The summed E-state index contributed by atoms with van der Waals surface area (Å²) in [5.41, 5.74) is 0.535. The van der Waals surface area contributed by atoms with Crippen LogP contribution in [0.2, 0.25) is 0 Å². The summed E-state index contributed by atoms with van der Waals surface area (Å²) < 4.78 is 19.4. The third kappa shape index (κ3) is 7.86. The summed E-state index contributed by atoms with van der Waals surface area (Å²) in [5.74, 6) is -0.478. The number of carbonyl (C=O) groups is 1. The molecule has 0 amide bonds. The zero-order valence-corrected chi connectivity index (χ0v) is 9.28. The van der Waals surface area contributed by atoms with Gasteiger partial charge in [-0.3, -0.25) is 0 Å². The number of carbonyl (C=O) groups excluding carboxylic acids is 1. The number of rotatable bonds is 5. The van der Waals surface area contributed by atoms with Crippen molar-refractivity contribution in [3.63, 3.8) is 0 Å². The fourth-order valence-electron chi connectivity index (χ4n) is 0.666. The van der Waals surface area contributed by atoms with Gasteiger partial charge in [0.05, 0.1) is 6.10 Å². The number of hydrogen-bond donors (Lipinski definition) is 1. The smallest absolute Gasteiger partial charge is 0.460 e. The van der Waals surface area contributed by atoms with Crippen LogP contribution in [-0.2, 0) is 18.6 Å². The molecule has 0 aliphatic rings. The molecule has 0 aromatic heterocycles. The van der Waals surface area contributed by atoms with E-state index in [9.17, 15) is 9.36 Å². The lowest BCUT2D eigenvalue weighted by molar-refractivity contribution is -0.141. The van der Waals surface area contributed by atoms with Crippen molar-refractivity contribution in [2.75, 3.05) is 6.61 Å². The van der Waals surface area contributed by atoms with Crippen LogP contribution in [-0.4, -0.2) is 23.6 Å². The van der Waals surface area contributed by atoms with Crippen LogP contribution in [0.25, 0.3) is 0 Å². The second-order valence-electron chi connectivity index (χ2n) is 2.99. The van der Waals surface area contributed by atoms with E-state index >= 15 is 0 Å². The van der Waals surface area contributed by atoms with E-state index < -0.39 is 14.2 Å². The molecule has 0 aliphatic carbocycles. The SMILES string of the molecule is C/C(=C\C(=O)OC(C)C)CO[P+](=O)O. The molecule has 0 bridgehead atoms. The maximum absolute atomic E-state index is 11.0. The molecule has 0 radical (unpaired) electrons. The van der Waals surface area contributed by atoms with Gasteiger partial charge in [-0.25, -0.2) is 4.79 Å². The van der Waals surface area contributed by atoms with Gasteiger partial charge >= 0.3 is 14.2 Å². The van der Waals surface area contributed by atoms with Gasteiger partial charge in [0, 0.05) is 10.6 Å². The quantitative estimate of drug-likeness (QED) is 0.433. The molecule has 0 rings (SSSR count). The summed E-state index contributed by atoms with van der Waals surface area (Å²) in [4.78, 5) is 19.3. The van der Waals surface area contributed by atoms with Gasteiger partial charge in [-0.05, 0) is 26.3 Å². The van der Waals surface area contributed by atoms with E-state index in [2.05, 4.69) is 4.52 Å². The summed E-state index contributed by atoms with van der Waals surface area (Å²) in [6, 6.07) is 0. The molecular formula is C8H14O5P+. The summed E-state index contributed by atoms with van der Waals surface area (Å²) in [7, 11) is -2.62. The Bertz CT molecular complexity index is 246. The highest BCUT2D eigenvalue weighted by Gasteiger charge is 2.12. The minimum absolute atomic E-state index is 0.0566. The lowest BCUT2D eigenvalue weighted by Crippen LogP contribution is -2.09. The average molecular weight is 221 g/mol. The average Bonchev–Trinajstić information content (AvgIpc) is 1.98. The molecule has 0 aliphatic heterocycles. The van der Waals surface area contributed by atoms with E-state index in [4.69, 9.17) is 9.63 Å². The predicted octanol–water partition coefficient (Wildman–Crippen LogP) is 1.55. The first-order chi connectivity index (χ1) is 6.41. The molecule has 0 heterocycles. The van der Waals surface area contributed by atoms with Gasteiger partial charge in [-0.1, -0.05) is 0 Å². The van der Waals surface area contributed by atoms with Crippen LogP contribution in [0, 0.1) is 0 Å². The molecular weight excluding hydrogens is 207 g/mol. The largest absolute Gasteiger partial charge is 0.695 e. The van der Waals surface area contributed by atoms with Crippen LogP contribution in [0.5, 0.6) is 0 Å². The van der Waals surface area contributed by atoms with Crippen molar-refractivity contribution in [1.82, 2.24) is 0 Å². The van der Waals surface area contributed by atoms with E-state index in [1.165, 1.54) is 6.08 Å². The van der Waals surface area contributed by atoms with Crippen LogP contribution < -0.4 is 0 Å². The fraction of sp³-hybridized carbons (Fsp3) is 0.625. The van der Waals surface area contributed by atoms with Crippen molar-refractivity contribution >= 4 is 14.2 Å². The number of ether oxygens (including phenoxy) is 1. The van der Waals surface area contributed by atoms with Gasteiger partial charge in [-0.2, -0.15) is 0 Å². The Hall–Kier alpha value is -0.770. The highest BCUT2D eigenvalue weighted by atomic mass is 31.1. The zero-order chi connectivity index (χ0) is 11.1. The summed E-state index contributed by atoms with van der Waals surface area (Å²) in [6.45, 7) is 5.03. The second kappa shape index (κ2) is 6.65. The van der Waals surface area contributed by atoms with Gasteiger partial charge in [0.2, 0.25) is 0 Å². The lowest BCUT2D eigenvalue weighted by Gasteiger charge is -2.04. The molecule has 0 saturated carbocycles. The lowest BCUT2D eigenvalue weighted by atomic mass is 10.3. The second-order valence-corrected chi connectivity index (χ2v) is 3.72. The van der Waals surface area contributed by atoms with Crippen molar-refractivity contribution in [2.45, 2.75) is 26.9 Å². The molecule has 0 fully saturated rings. The first-order valence-corrected chi connectivity index (χ1v) is 5.21. The molecule has 0 spiro atoms. The minimum atomic E-state index is -2.62. The summed E-state index contributed by atoms with van der Waals surface area (Å²) >= 11 is 0. The van der Waals surface area contributed by atoms with Gasteiger partial charge in [0.1, 0.15) is 6.61 Å². The Morgan fingerprint density at radius 3 is 2.57 bits per heavy atom. The van der Waals surface area contributed by atoms with Crippen LogP contribution >= 0.6 is 8.25 Å². The Labute approximate surface area is 83.7 Å². The van der Waals surface area contributed by atoms with Gasteiger partial charge in [0.15, 0.2) is 0 Å². The third-order valence-electron chi connectivity index (χ3n) is 1.12. The Morgan fingerprint density at radius 2 is 2.14 bits per heavy atom. The molecule has 6 heteroatoms. The number of hydrogen-bond acceptors (Lipinski definition) is 4. The molecule has 1 N–H and O–H groups in total. The Kier molecular flexibility index (Phi) is 6.28. The molecule has 0 aromatic rings. The minimum Gasteiger partial charge on any atom is -0.460 e. The van der Waals surface area contributed by atoms with Crippen molar-refractivity contribution in [3.8, 4) is 0 Å². The van der Waals surface area contributed by atoms with E-state index in [-0.39, 0.29) is 12.7 Å². The van der Waals surface area contributed by atoms with Crippen molar-refractivity contribution in [3.05, 3.63) is 11.6 Å². The topological polar surface area (TPSA) is 72.8 Å². The van der Waals surface area contributed by atoms with Crippen LogP contribution in [0.3, 0.4) is 0 Å². The summed E-state index contributed by atoms with van der Waals surface area (Å²) in [5, 5.41) is 0. The van der Waals surface area contributed by atoms with Crippen LogP contribution in [0.4, 0.5) is 0 Å². The predicted molar refractivity (Wildman–Crippen MR) is 50.8 cm³/mol. The summed E-state index contributed by atoms with van der Waals surface area (Å²) in [6.07, 6.45) is 1.06. The standard InChI is InChI=1S/C8H13O5P/c1-6(2)13-8(9)4-7(3)5-12-14(10)11/h4,6H,5H2,1-3H3/p+1/b7-4+. The fourth-order valence-corrected chi connectivity index (χ4v) is 0.980. The molecule has 14 heavy (non-hydrogen) atoms. The Morgan fingerprint density at radius 1 is 1.57 bits per heavy atom. The van der Waals surface area contributed by atoms with Gasteiger partial charge < -0.3 is 4.74 Å². The van der Waals surface area contributed by atoms with Gasteiger partial charge in [0.25, 0.3) is 0 Å². The maximum Gasteiger partial charge on any atom is 0.695 e. The highest BCUT2D eigenvalue weighted by molar-refractivity contribution is 7.32. The third-order valence-corrected chi connectivity index (χ3v) is 1.47. The molecule has 0 aromatic carbocycles. The van der Waals surface area contributed by atoms with Crippen molar-refractivity contribution in [1.29, 1.82) is 0 Å². The van der Waals surface area contributed by atoms with Crippen LogP contribution in [0.15, 0.2) is 11.6 Å². The molecule has 1 atom stereocenters. The van der Waals surface area contributed by atoms with Crippen molar-refractivity contribution < 1.29 is 23.5 Å². The van der Waals surface area contributed by atoms with E-state index in [1.807, 2.05) is 0 Å². The van der Waals surface area contributed by atoms with Gasteiger partial charge in [-0.15, -0.1) is 9.42 Å². The van der Waals surface area contributed by atoms with E-state index in [1.54, 1.807) is 20.8 Å². The maximum atomic E-state index is 11.0. The molecule has 1 unspecified atom stereocenters. The van der Waals surface area contributed by atoms with Crippen LogP contribution in [0.1, 0.15) is 20.8 Å². The van der Waals surface area contributed by atoms with Crippen molar-refractivity contribution in [2.24, 2.45) is 0 Å². The Balaban J connectivity index is 3.96. The molecule has 5 nitrogen and oxygen atoms in total. The van der Waals surface area contributed by atoms with E-state index in [0.717, 1.165) is 0 Å². The zero-order valence-electron chi connectivity index (χ0n) is 8.39. The monoisotopic (exact) mass is 221 g/mol. The highest BCUT2D eigenvalue weighted by Crippen LogP contribution is 2.15. The molecule has 80 valence electrons.